The molecule has 0 bridgehead atoms. The van der Waals surface area contributed by atoms with E-state index in [1.54, 1.807) is 6.07 Å². The van der Waals surface area contributed by atoms with Gasteiger partial charge in [0.2, 0.25) is 0 Å². The van der Waals surface area contributed by atoms with Crippen LogP contribution in [0.4, 0.5) is 9.18 Å². The molecule has 1 aliphatic heterocycles. The lowest BCUT2D eigenvalue weighted by Gasteiger charge is -2.33. The summed E-state index contributed by atoms with van der Waals surface area (Å²) in [6.07, 6.45) is 0.965. The number of hydrogen-bond donors (Lipinski definition) is 1. The SMILES string of the molecule is CCC1(CC)C(=O)NC(=O)N1Cc1ccc(Cl)cc1F. The molecule has 0 aromatic heterocycles. The van der Waals surface area contributed by atoms with E-state index in [4.69, 9.17) is 11.6 Å². The van der Waals surface area contributed by atoms with Crippen molar-refractivity contribution >= 4 is 23.5 Å². The molecule has 0 radical (unpaired) electrons. The van der Waals surface area contributed by atoms with Crippen LogP contribution in [-0.2, 0) is 11.3 Å². The molecule has 20 heavy (non-hydrogen) atoms. The van der Waals surface area contributed by atoms with Gasteiger partial charge in [-0.3, -0.25) is 10.1 Å². The Labute approximate surface area is 121 Å². The number of rotatable bonds is 4. The Morgan fingerprint density at radius 1 is 1.30 bits per heavy atom. The molecule has 0 unspecified atom stereocenters. The molecule has 108 valence electrons. The standard InChI is InChI=1S/C14H16ClFN2O2/c1-3-14(4-2)12(19)17-13(20)18(14)8-9-5-6-10(15)7-11(9)16/h5-7H,3-4,8H2,1-2H3,(H,17,19,20). The zero-order chi connectivity index (χ0) is 14.9. The summed E-state index contributed by atoms with van der Waals surface area (Å²) in [4.78, 5) is 25.4. The summed E-state index contributed by atoms with van der Waals surface area (Å²) >= 11 is 5.71. The minimum Gasteiger partial charge on any atom is -0.305 e. The average molecular weight is 299 g/mol. The van der Waals surface area contributed by atoms with Gasteiger partial charge in [-0.1, -0.05) is 31.5 Å². The third kappa shape index (κ3) is 2.26. The second-order valence-electron chi connectivity index (χ2n) is 4.82. The first-order valence-electron chi connectivity index (χ1n) is 6.51. The number of urea groups is 1. The van der Waals surface area contributed by atoms with Crippen molar-refractivity contribution in [3.8, 4) is 0 Å². The molecule has 4 nitrogen and oxygen atoms in total. The molecule has 1 heterocycles. The smallest absolute Gasteiger partial charge is 0.305 e. The maximum absolute atomic E-state index is 13.9. The van der Waals surface area contributed by atoms with Gasteiger partial charge < -0.3 is 4.90 Å². The van der Waals surface area contributed by atoms with Gasteiger partial charge in [0.1, 0.15) is 11.4 Å². The molecule has 0 aliphatic carbocycles. The number of nitrogens with zero attached hydrogens (tertiary/aromatic N) is 1. The fourth-order valence-electron chi connectivity index (χ4n) is 2.59. The molecule has 1 aromatic carbocycles. The molecular formula is C14H16ClFN2O2. The normalized spacial score (nSPS) is 17.5. The molecule has 0 spiro atoms. The topological polar surface area (TPSA) is 49.4 Å². The summed E-state index contributed by atoms with van der Waals surface area (Å²) in [5, 5.41) is 2.61. The molecule has 1 fully saturated rings. The largest absolute Gasteiger partial charge is 0.325 e. The van der Waals surface area contributed by atoms with Crippen molar-refractivity contribution in [2.24, 2.45) is 0 Å². The van der Waals surface area contributed by atoms with Crippen molar-refractivity contribution < 1.29 is 14.0 Å². The van der Waals surface area contributed by atoms with Crippen molar-refractivity contribution in [1.29, 1.82) is 0 Å². The van der Waals surface area contributed by atoms with E-state index in [0.29, 0.717) is 23.4 Å². The van der Waals surface area contributed by atoms with Crippen LogP contribution in [0.1, 0.15) is 32.3 Å². The van der Waals surface area contributed by atoms with Crippen LogP contribution in [0.15, 0.2) is 18.2 Å². The van der Waals surface area contributed by atoms with E-state index in [1.807, 2.05) is 13.8 Å². The molecule has 0 saturated carbocycles. The zero-order valence-electron chi connectivity index (χ0n) is 11.4. The van der Waals surface area contributed by atoms with Gasteiger partial charge in [-0.15, -0.1) is 0 Å². The summed E-state index contributed by atoms with van der Waals surface area (Å²) in [7, 11) is 0. The van der Waals surface area contributed by atoms with Gasteiger partial charge >= 0.3 is 6.03 Å². The van der Waals surface area contributed by atoms with Gasteiger partial charge in [0.25, 0.3) is 5.91 Å². The molecule has 6 heteroatoms. The molecule has 1 aliphatic rings. The Hall–Kier alpha value is -1.62. The van der Waals surface area contributed by atoms with Crippen molar-refractivity contribution in [3.05, 3.63) is 34.6 Å². The second kappa shape index (κ2) is 5.40. The first-order chi connectivity index (χ1) is 9.44. The van der Waals surface area contributed by atoms with Crippen molar-refractivity contribution in [2.75, 3.05) is 0 Å². The van der Waals surface area contributed by atoms with Crippen LogP contribution in [0.25, 0.3) is 0 Å². The summed E-state index contributed by atoms with van der Waals surface area (Å²) in [5.74, 6) is -0.798. The molecule has 3 amide bonds. The van der Waals surface area contributed by atoms with Gasteiger partial charge in [-0.25, -0.2) is 9.18 Å². The first-order valence-corrected chi connectivity index (χ1v) is 6.89. The quantitative estimate of drug-likeness (QED) is 0.868. The van der Waals surface area contributed by atoms with Crippen LogP contribution < -0.4 is 5.32 Å². The maximum Gasteiger partial charge on any atom is 0.325 e. The third-order valence-corrected chi connectivity index (χ3v) is 4.15. The number of imide groups is 1. The van der Waals surface area contributed by atoms with Gasteiger partial charge in [0.15, 0.2) is 0 Å². The summed E-state index contributed by atoms with van der Waals surface area (Å²) in [5.41, 5.74) is -0.561. The van der Waals surface area contributed by atoms with E-state index in [2.05, 4.69) is 5.32 Å². The lowest BCUT2D eigenvalue weighted by Crippen LogP contribution is -2.48. The predicted molar refractivity (Wildman–Crippen MR) is 73.8 cm³/mol. The number of halogens is 2. The Balaban J connectivity index is 2.35. The highest BCUT2D eigenvalue weighted by molar-refractivity contribution is 6.30. The van der Waals surface area contributed by atoms with Crippen LogP contribution in [0.5, 0.6) is 0 Å². The molecule has 2 rings (SSSR count). The average Bonchev–Trinajstić information content (AvgIpc) is 2.64. The van der Waals surface area contributed by atoms with Crippen LogP contribution in [0.3, 0.4) is 0 Å². The molecule has 0 atom stereocenters. The fourth-order valence-corrected chi connectivity index (χ4v) is 2.75. The molecule has 1 aromatic rings. The summed E-state index contributed by atoms with van der Waals surface area (Å²) in [6, 6.07) is 3.82. The van der Waals surface area contributed by atoms with Crippen LogP contribution in [0, 0.1) is 5.82 Å². The highest BCUT2D eigenvalue weighted by Crippen LogP contribution is 2.31. The molecule has 1 N–H and O–H groups in total. The number of amides is 3. The number of nitrogens with one attached hydrogen (secondary N) is 1. The van der Waals surface area contributed by atoms with E-state index < -0.39 is 17.4 Å². The predicted octanol–water partition coefficient (Wildman–Crippen LogP) is 3.09. The summed E-state index contributed by atoms with van der Waals surface area (Å²) in [6.45, 7) is 3.72. The molecule has 1 saturated heterocycles. The van der Waals surface area contributed by atoms with Gasteiger partial charge in [-0.05, 0) is 25.0 Å². The minimum absolute atomic E-state index is 0.0439. The second-order valence-corrected chi connectivity index (χ2v) is 5.26. The Kier molecular flexibility index (Phi) is 3.99. The number of hydrogen-bond acceptors (Lipinski definition) is 2. The van der Waals surface area contributed by atoms with Crippen LogP contribution in [-0.4, -0.2) is 22.4 Å². The maximum atomic E-state index is 13.9. The monoisotopic (exact) mass is 298 g/mol. The number of carbonyl (C=O) groups excluding carboxylic acids is 2. The fraction of sp³-hybridized carbons (Fsp3) is 0.429. The lowest BCUT2D eigenvalue weighted by molar-refractivity contribution is -0.127. The minimum atomic E-state index is -0.900. The van der Waals surface area contributed by atoms with E-state index in [9.17, 15) is 14.0 Å². The first kappa shape index (κ1) is 14.8. The molecular weight excluding hydrogens is 283 g/mol. The van der Waals surface area contributed by atoms with Crippen LogP contribution >= 0.6 is 11.6 Å². The lowest BCUT2D eigenvalue weighted by atomic mass is 9.91. The number of benzene rings is 1. The Morgan fingerprint density at radius 3 is 2.50 bits per heavy atom. The summed E-state index contributed by atoms with van der Waals surface area (Å²) < 4.78 is 13.9. The van der Waals surface area contributed by atoms with Gasteiger partial charge in [0.05, 0.1) is 6.54 Å². The van der Waals surface area contributed by atoms with Crippen molar-refractivity contribution in [3.63, 3.8) is 0 Å². The van der Waals surface area contributed by atoms with E-state index >= 15 is 0 Å². The van der Waals surface area contributed by atoms with E-state index in [-0.39, 0.29) is 12.5 Å². The van der Waals surface area contributed by atoms with Crippen molar-refractivity contribution in [1.82, 2.24) is 10.2 Å². The van der Waals surface area contributed by atoms with E-state index in [0.717, 1.165) is 0 Å². The number of carbonyl (C=O) groups is 2. The Morgan fingerprint density at radius 2 is 1.95 bits per heavy atom. The Bertz CT molecular complexity index is 558. The third-order valence-electron chi connectivity index (χ3n) is 3.92. The van der Waals surface area contributed by atoms with Gasteiger partial charge in [0, 0.05) is 10.6 Å². The zero-order valence-corrected chi connectivity index (χ0v) is 12.1. The highest BCUT2D eigenvalue weighted by Gasteiger charge is 2.50. The highest BCUT2D eigenvalue weighted by atomic mass is 35.5. The van der Waals surface area contributed by atoms with E-state index in [1.165, 1.54) is 17.0 Å². The van der Waals surface area contributed by atoms with Crippen LogP contribution in [0.2, 0.25) is 5.02 Å². The van der Waals surface area contributed by atoms with Crippen molar-refractivity contribution in [2.45, 2.75) is 38.8 Å². The van der Waals surface area contributed by atoms with Gasteiger partial charge in [-0.2, -0.15) is 0 Å².